The maximum atomic E-state index is 11.9. The van der Waals surface area contributed by atoms with E-state index in [2.05, 4.69) is 31.6 Å². The summed E-state index contributed by atoms with van der Waals surface area (Å²) in [5.74, 6) is 1.58. The van der Waals surface area contributed by atoms with Crippen LogP contribution in [0.15, 0.2) is 63.9 Å². The van der Waals surface area contributed by atoms with Crippen LogP contribution in [-0.2, 0) is 0 Å². The second-order valence-corrected chi connectivity index (χ2v) is 7.39. The van der Waals surface area contributed by atoms with Gasteiger partial charge in [0, 0.05) is 18.3 Å². The van der Waals surface area contributed by atoms with Crippen LogP contribution < -0.4 is 16.3 Å². The van der Waals surface area contributed by atoms with Crippen molar-refractivity contribution in [2.75, 3.05) is 12.4 Å². The highest BCUT2D eigenvalue weighted by Gasteiger charge is 2.27. The van der Waals surface area contributed by atoms with Gasteiger partial charge in [0.15, 0.2) is 5.16 Å². The number of halogens is 1. The summed E-state index contributed by atoms with van der Waals surface area (Å²) in [5.41, 5.74) is 3.58. The molecule has 9 heteroatoms. The quantitative estimate of drug-likeness (QED) is 0.760. The molecule has 1 unspecified atom stereocenters. The van der Waals surface area contributed by atoms with Gasteiger partial charge in [-0.25, -0.2) is 10.4 Å². The first-order valence-corrected chi connectivity index (χ1v) is 9.77. The molecule has 1 fully saturated rings. The molecule has 0 saturated heterocycles. The minimum absolute atomic E-state index is 0.0790. The second-order valence-electron chi connectivity index (χ2n) is 6.98. The van der Waals surface area contributed by atoms with E-state index >= 15 is 0 Å². The third-order valence-electron chi connectivity index (χ3n) is 4.85. The van der Waals surface area contributed by atoms with E-state index in [1.165, 1.54) is 12.3 Å². The normalized spacial score (nSPS) is 20.8. The molecule has 0 spiro atoms. The predicted molar refractivity (Wildman–Crippen MR) is 114 cm³/mol. The van der Waals surface area contributed by atoms with Gasteiger partial charge >= 0.3 is 5.96 Å². The van der Waals surface area contributed by atoms with Gasteiger partial charge in [0.2, 0.25) is 0 Å². The molecule has 0 bridgehead atoms. The fourth-order valence-corrected chi connectivity index (χ4v) is 3.56. The molecule has 2 N–H and O–H groups in total. The van der Waals surface area contributed by atoms with Gasteiger partial charge in [0.25, 0.3) is 5.56 Å². The molecule has 0 amide bonds. The summed E-state index contributed by atoms with van der Waals surface area (Å²) in [6.45, 7) is 0. The highest BCUT2D eigenvalue weighted by molar-refractivity contribution is 6.29. The van der Waals surface area contributed by atoms with E-state index in [0.29, 0.717) is 17.2 Å². The summed E-state index contributed by atoms with van der Waals surface area (Å²) in [6.07, 6.45) is 7.90. The Kier molecular flexibility index (Phi) is 5.49. The van der Waals surface area contributed by atoms with E-state index < -0.39 is 0 Å². The van der Waals surface area contributed by atoms with Gasteiger partial charge < -0.3 is 5.32 Å². The summed E-state index contributed by atoms with van der Waals surface area (Å²) in [7, 11) is 1.80. The summed E-state index contributed by atoms with van der Waals surface area (Å²) < 4.78 is 1.57. The van der Waals surface area contributed by atoms with Crippen molar-refractivity contribution in [1.82, 2.24) is 20.0 Å². The standard InChI is InChI=1S/C20H21ClN7O/c1-27-20(24-13-17(21)26-27)23-11-14-5-6-15(10-14)25-18-8-7-16(12-22-18)28-9-3-2-4-19(28)29/h2-4,7-9,12-15,26H,5-6,10H2,1H3,(H,22,25)/q+1/t14?,15-/m0/s1. The molecule has 2 aliphatic rings. The highest BCUT2D eigenvalue weighted by atomic mass is 35.5. The maximum absolute atomic E-state index is 11.9. The molecule has 2 aromatic heterocycles. The number of anilines is 1. The lowest BCUT2D eigenvalue weighted by molar-refractivity contribution is 0.421. The molecule has 1 saturated carbocycles. The van der Waals surface area contributed by atoms with Crippen molar-refractivity contribution in [3.63, 3.8) is 0 Å². The first-order valence-electron chi connectivity index (χ1n) is 9.39. The predicted octanol–water partition coefficient (Wildman–Crippen LogP) is 2.99. The first kappa shape index (κ1) is 19.0. The Bertz CT molecular complexity index is 1060. The molecule has 0 radical (unpaired) electrons. The Labute approximate surface area is 173 Å². The van der Waals surface area contributed by atoms with Crippen LogP contribution in [0.5, 0.6) is 0 Å². The topological polar surface area (TPSA) is 78.9 Å². The zero-order valence-electron chi connectivity index (χ0n) is 15.9. The smallest absolute Gasteiger partial charge is 0.367 e. The van der Waals surface area contributed by atoms with Crippen LogP contribution in [0.25, 0.3) is 10.5 Å². The Hall–Kier alpha value is -3.31. The zero-order valence-corrected chi connectivity index (χ0v) is 16.7. The van der Waals surface area contributed by atoms with Crippen molar-refractivity contribution < 1.29 is 0 Å². The van der Waals surface area contributed by atoms with E-state index in [1.54, 1.807) is 35.1 Å². The zero-order chi connectivity index (χ0) is 20.2. The molecule has 29 heavy (non-hydrogen) atoms. The molecular formula is C20H21ClN7O+. The Morgan fingerprint density at radius 2 is 2.21 bits per heavy atom. The van der Waals surface area contributed by atoms with Gasteiger partial charge in [-0.15, -0.1) is 0 Å². The van der Waals surface area contributed by atoms with E-state index in [4.69, 9.17) is 11.6 Å². The molecule has 8 nitrogen and oxygen atoms in total. The van der Waals surface area contributed by atoms with Crippen LogP contribution in [0.2, 0.25) is 0 Å². The lowest BCUT2D eigenvalue weighted by atomic mass is 10.1. The number of pyridine rings is 2. The van der Waals surface area contributed by atoms with Crippen LogP contribution in [0.3, 0.4) is 0 Å². The van der Waals surface area contributed by atoms with Crippen LogP contribution in [0, 0.1) is 12.0 Å². The maximum Gasteiger partial charge on any atom is 0.513 e. The number of nitrogens with zero attached hydrogens (tertiary/aromatic N) is 5. The third kappa shape index (κ3) is 4.58. The lowest BCUT2D eigenvalue weighted by Crippen LogP contribution is -2.38. The number of aromatic nitrogens is 2. The van der Waals surface area contributed by atoms with Gasteiger partial charge in [-0.3, -0.25) is 9.36 Å². The number of guanidine groups is 1. The van der Waals surface area contributed by atoms with Crippen LogP contribution in [-0.4, -0.2) is 33.6 Å². The third-order valence-corrected chi connectivity index (χ3v) is 5.03. The van der Waals surface area contributed by atoms with Crippen molar-refractivity contribution in [2.45, 2.75) is 25.3 Å². The molecule has 4 rings (SSSR count). The number of hydrazine groups is 1. The Morgan fingerprint density at radius 3 is 2.97 bits per heavy atom. The van der Waals surface area contributed by atoms with Gasteiger partial charge in [-0.2, -0.15) is 9.85 Å². The van der Waals surface area contributed by atoms with Crippen molar-refractivity contribution >= 4 is 23.4 Å². The molecule has 1 aliphatic carbocycles. The fraction of sp³-hybridized carbons (Fsp3) is 0.300. The summed E-state index contributed by atoms with van der Waals surface area (Å²) >= 11 is 5.86. The molecule has 2 aromatic rings. The summed E-state index contributed by atoms with van der Waals surface area (Å²) in [6, 6.07) is 12.4. The fourth-order valence-electron chi connectivity index (χ4n) is 3.39. The largest absolute Gasteiger partial charge is 0.513 e. The average molecular weight is 411 g/mol. The van der Waals surface area contributed by atoms with Crippen molar-refractivity contribution in [3.8, 4) is 11.8 Å². The lowest BCUT2D eigenvalue weighted by Gasteiger charge is -2.13. The Balaban J connectivity index is 1.36. The highest BCUT2D eigenvalue weighted by Crippen LogP contribution is 2.27. The van der Waals surface area contributed by atoms with Crippen LogP contribution >= 0.6 is 11.6 Å². The summed E-state index contributed by atoms with van der Waals surface area (Å²) in [4.78, 5) is 24.9. The van der Waals surface area contributed by atoms with Gasteiger partial charge in [-0.05, 0) is 37.5 Å². The summed E-state index contributed by atoms with van der Waals surface area (Å²) in [5, 5.41) is 5.56. The van der Waals surface area contributed by atoms with E-state index in [9.17, 15) is 4.79 Å². The Morgan fingerprint density at radius 1 is 1.31 bits per heavy atom. The number of rotatable bonds is 3. The van der Waals surface area contributed by atoms with Crippen molar-refractivity contribution in [3.05, 3.63) is 69.3 Å². The molecule has 0 aromatic carbocycles. The number of nitrogens with one attached hydrogen (secondary N) is 2. The molecule has 2 atom stereocenters. The minimum atomic E-state index is -0.0790. The van der Waals surface area contributed by atoms with Gasteiger partial charge in [0.1, 0.15) is 18.1 Å². The van der Waals surface area contributed by atoms with Crippen molar-refractivity contribution in [2.24, 2.45) is 10.9 Å². The average Bonchev–Trinajstić information content (AvgIpc) is 3.16. The van der Waals surface area contributed by atoms with E-state index in [1.807, 2.05) is 18.2 Å². The van der Waals surface area contributed by atoms with Crippen LogP contribution in [0.4, 0.5) is 5.82 Å². The SMILES string of the molecule is CN1NC(Cl)=CN=C1[N+]#CC1CC[C@H](Nc2ccc(-n3ccccc3=O)cn2)C1. The molecule has 148 valence electrons. The first-order chi connectivity index (χ1) is 14.1. The number of hydrogen-bond acceptors (Lipinski definition) is 6. The molecule has 3 heterocycles. The van der Waals surface area contributed by atoms with E-state index in [0.717, 1.165) is 30.8 Å². The van der Waals surface area contributed by atoms with E-state index in [-0.39, 0.29) is 11.5 Å². The number of hydrogen-bond donors (Lipinski definition) is 2. The monoisotopic (exact) mass is 410 g/mol. The number of aliphatic imine (C=N–C) groups is 1. The van der Waals surface area contributed by atoms with Crippen LogP contribution in [0.1, 0.15) is 19.3 Å². The minimum Gasteiger partial charge on any atom is -0.367 e. The molecule has 1 aliphatic heterocycles. The second kappa shape index (κ2) is 8.37. The molecular weight excluding hydrogens is 390 g/mol. The van der Waals surface area contributed by atoms with Gasteiger partial charge in [-0.1, -0.05) is 22.7 Å². The van der Waals surface area contributed by atoms with Gasteiger partial charge in [0.05, 0.1) is 24.8 Å². The van der Waals surface area contributed by atoms with Crippen molar-refractivity contribution in [1.29, 1.82) is 0 Å².